The van der Waals surface area contributed by atoms with Crippen LogP contribution in [0.5, 0.6) is 0 Å². The maximum atomic E-state index is 13.1. The third-order valence-corrected chi connectivity index (χ3v) is 6.18. The highest BCUT2D eigenvalue weighted by atomic mass is 16.2. The first-order chi connectivity index (χ1) is 14.0. The molecule has 1 unspecified atom stereocenters. The standard InChI is InChI=1S/C23H28N4O2/c1-17-4-3-5-21(18(17)2)27-16-20(14-22(27)28)23(29)26-12-10-25(11-13-26)15-19-6-8-24-9-7-19/h3-9,20H,10-16H2,1-2H3. The van der Waals surface area contributed by atoms with Crippen LogP contribution >= 0.6 is 0 Å². The average Bonchev–Trinajstić information content (AvgIpc) is 3.12. The zero-order valence-electron chi connectivity index (χ0n) is 17.2. The molecule has 6 nitrogen and oxygen atoms in total. The highest BCUT2D eigenvalue weighted by molar-refractivity contribution is 6.01. The number of hydrogen-bond donors (Lipinski definition) is 0. The number of pyridine rings is 1. The minimum atomic E-state index is -0.242. The molecule has 6 heteroatoms. The summed E-state index contributed by atoms with van der Waals surface area (Å²) in [6.45, 7) is 8.61. The molecular weight excluding hydrogens is 364 g/mol. The number of carbonyl (C=O) groups is 2. The molecular formula is C23H28N4O2. The molecule has 0 spiro atoms. The Morgan fingerprint density at radius 1 is 1.07 bits per heavy atom. The number of amides is 2. The van der Waals surface area contributed by atoms with E-state index < -0.39 is 0 Å². The number of carbonyl (C=O) groups excluding carboxylic acids is 2. The normalized spacial score (nSPS) is 20.3. The molecule has 2 aromatic rings. The van der Waals surface area contributed by atoms with Crippen molar-refractivity contribution >= 4 is 17.5 Å². The van der Waals surface area contributed by atoms with Crippen LogP contribution in [0.3, 0.4) is 0 Å². The third-order valence-electron chi connectivity index (χ3n) is 6.18. The summed E-state index contributed by atoms with van der Waals surface area (Å²) >= 11 is 0. The molecule has 2 fully saturated rings. The number of anilines is 1. The maximum Gasteiger partial charge on any atom is 0.228 e. The van der Waals surface area contributed by atoms with Crippen LogP contribution < -0.4 is 4.90 Å². The molecule has 3 heterocycles. The van der Waals surface area contributed by atoms with E-state index in [1.54, 1.807) is 4.90 Å². The van der Waals surface area contributed by atoms with Gasteiger partial charge in [-0.2, -0.15) is 0 Å². The van der Waals surface area contributed by atoms with Gasteiger partial charge in [0.2, 0.25) is 11.8 Å². The fraction of sp³-hybridized carbons (Fsp3) is 0.435. The van der Waals surface area contributed by atoms with Crippen molar-refractivity contribution in [3.05, 3.63) is 59.4 Å². The smallest absolute Gasteiger partial charge is 0.228 e. The van der Waals surface area contributed by atoms with Crippen molar-refractivity contribution < 1.29 is 9.59 Å². The van der Waals surface area contributed by atoms with Crippen molar-refractivity contribution in [1.82, 2.24) is 14.8 Å². The molecule has 0 bridgehead atoms. The molecule has 29 heavy (non-hydrogen) atoms. The van der Waals surface area contributed by atoms with E-state index in [4.69, 9.17) is 0 Å². The van der Waals surface area contributed by atoms with E-state index in [9.17, 15) is 9.59 Å². The zero-order valence-corrected chi connectivity index (χ0v) is 17.2. The van der Waals surface area contributed by atoms with Crippen molar-refractivity contribution in [3.63, 3.8) is 0 Å². The van der Waals surface area contributed by atoms with Gasteiger partial charge in [-0.05, 0) is 48.7 Å². The van der Waals surface area contributed by atoms with Crippen molar-refractivity contribution in [3.8, 4) is 0 Å². The summed E-state index contributed by atoms with van der Waals surface area (Å²) in [5, 5.41) is 0. The third kappa shape index (κ3) is 4.17. The predicted molar refractivity (Wildman–Crippen MR) is 112 cm³/mol. The first-order valence-electron chi connectivity index (χ1n) is 10.3. The van der Waals surface area contributed by atoms with Crippen LogP contribution in [0.4, 0.5) is 5.69 Å². The summed E-state index contributed by atoms with van der Waals surface area (Å²) in [5.41, 5.74) is 4.45. The van der Waals surface area contributed by atoms with E-state index in [-0.39, 0.29) is 17.7 Å². The van der Waals surface area contributed by atoms with Gasteiger partial charge in [0.1, 0.15) is 0 Å². The van der Waals surface area contributed by atoms with Gasteiger partial charge in [-0.25, -0.2) is 0 Å². The lowest BCUT2D eigenvalue weighted by Crippen LogP contribution is -2.50. The number of benzene rings is 1. The highest BCUT2D eigenvalue weighted by Gasteiger charge is 2.38. The molecule has 152 valence electrons. The largest absolute Gasteiger partial charge is 0.340 e. The lowest BCUT2D eigenvalue weighted by molar-refractivity contribution is -0.137. The van der Waals surface area contributed by atoms with Crippen LogP contribution in [-0.4, -0.2) is 59.3 Å². The van der Waals surface area contributed by atoms with E-state index in [0.29, 0.717) is 13.0 Å². The summed E-state index contributed by atoms with van der Waals surface area (Å²) in [6, 6.07) is 10.1. The van der Waals surface area contributed by atoms with E-state index in [0.717, 1.165) is 49.5 Å². The molecule has 2 aliphatic rings. The molecule has 0 N–H and O–H groups in total. The Morgan fingerprint density at radius 3 is 2.52 bits per heavy atom. The molecule has 0 saturated carbocycles. The topological polar surface area (TPSA) is 56.8 Å². The first-order valence-corrected chi connectivity index (χ1v) is 10.3. The number of rotatable bonds is 4. The summed E-state index contributed by atoms with van der Waals surface area (Å²) in [7, 11) is 0. The van der Waals surface area contributed by atoms with E-state index >= 15 is 0 Å². The number of hydrogen-bond acceptors (Lipinski definition) is 4. The van der Waals surface area contributed by atoms with Gasteiger partial charge in [-0.3, -0.25) is 19.5 Å². The Balaban J connectivity index is 1.35. The van der Waals surface area contributed by atoms with Crippen LogP contribution in [0.2, 0.25) is 0 Å². The second kappa shape index (κ2) is 8.33. The van der Waals surface area contributed by atoms with E-state index in [1.807, 2.05) is 61.5 Å². The van der Waals surface area contributed by atoms with Crippen LogP contribution in [0.1, 0.15) is 23.1 Å². The van der Waals surface area contributed by atoms with Crippen LogP contribution in [0.25, 0.3) is 0 Å². The number of piperazine rings is 1. The Labute approximate surface area is 172 Å². The van der Waals surface area contributed by atoms with Gasteiger partial charge in [0.15, 0.2) is 0 Å². The molecule has 2 saturated heterocycles. The first kappa shape index (κ1) is 19.6. The van der Waals surface area contributed by atoms with Gasteiger partial charge in [0.05, 0.1) is 5.92 Å². The average molecular weight is 393 g/mol. The second-order valence-electron chi connectivity index (χ2n) is 8.08. The van der Waals surface area contributed by atoms with E-state index in [2.05, 4.69) is 9.88 Å². The summed E-state index contributed by atoms with van der Waals surface area (Å²) in [6.07, 6.45) is 3.94. The molecule has 2 amide bonds. The van der Waals surface area contributed by atoms with Crippen molar-refractivity contribution in [1.29, 1.82) is 0 Å². The van der Waals surface area contributed by atoms with Crippen LogP contribution in [0, 0.1) is 19.8 Å². The summed E-state index contributed by atoms with van der Waals surface area (Å²) in [4.78, 5) is 35.8. The van der Waals surface area contributed by atoms with Crippen molar-refractivity contribution in [2.24, 2.45) is 5.92 Å². The molecule has 1 aromatic carbocycles. The molecule has 0 aliphatic carbocycles. The molecule has 4 rings (SSSR count). The Bertz CT molecular complexity index is 891. The molecule has 0 radical (unpaired) electrons. The monoisotopic (exact) mass is 392 g/mol. The lowest BCUT2D eigenvalue weighted by Gasteiger charge is -2.36. The number of nitrogens with zero attached hydrogens (tertiary/aromatic N) is 4. The van der Waals surface area contributed by atoms with Crippen molar-refractivity contribution in [2.45, 2.75) is 26.8 Å². The fourth-order valence-electron chi connectivity index (χ4n) is 4.26. The predicted octanol–water partition coefficient (Wildman–Crippen LogP) is 2.40. The maximum absolute atomic E-state index is 13.1. The fourth-order valence-corrected chi connectivity index (χ4v) is 4.26. The van der Waals surface area contributed by atoms with Crippen LogP contribution in [-0.2, 0) is 16.1 Å². The number of aryl methyl sites for hydroxylation is 1. The quantitative estimate of drug-likeness (QED) is 0.802. The number of aromatic nitrogens is 1. The summed E-state index contributed by atoms with van der Waals surface area (Å²) < 4.78 is 0. The van der Waals surface area contributed by atoms with Crippen LogP contribution in [0.15, 0.2) is 42.7 Å². The van der Waals surface area contributed by atoms with Gasteiger partial charge < -0.3 is 9.80 Å². The molecule has 2 aliphatic heterocycles. The van der Waals surface area contributed by atoms with Gasteiger partial charge in [0, 0.05) is 63.8 Å². The van der Waals surface area contributed by atoms with Gasteiger partial charge in [-0.1, -0.05) is 12.1 Å². The van der Waals surface area contributed by atoms with Gasteiger partial charge in [0.25, 0.3) is 0 Å². The highest BCUT2D eigenvalue weighted by Crippen LogP contribution is 2.30. The minimum absolute atomic E-state index is 0.0494. The summed E-state index contributed by atoms with van der Waals surface area (Å²) in [5.74, 6) is -0.0720. The molecule has 1 atom stereocenters. The minimum Gasteiger partial charge on any atom is -0.340 e. The zero-order chi connectivity index (χ0) is 20.4. The lowest BCUT2D eigenvalue weighted by atomic mass is 10.1. The Hall–Kier alpha value is -2.73. The second-order valence-corrected chi connectivity index (χ2v) is 8.08. The van der Waals surface area contributed by atoms with Gasteiger partial charge in [-0.15, -0.1) is 0 Å². The van der Waals surface area contributed by atoms with E-state index in [1.165, 1.54) is 5.56 Å². The molecule has 1 aromatic heterocycles. The Kier molecular flexibility index (Phi) is 5.62. The Morgan fingerprint density at radius 2 is 1.79 bits per heavy atom. The van der Waals surface area contributed by atoms with Gasteiger partial charge >= 0.3 is 0 Å². The SMILES string of the molecule is Cc1cccc(N2CC(C(=O)N3CCN(Cc4ccncc4)CC3)CC2=O)c1C. The van der Waals surface area contributed by atoms with Crippen molar-refractivity contribution in [2.75, 3.05) is 37.6 Å².